The van der Waals surface area contributed by atoms with E-state index in [0.29, 0.717) is 21.3 Å². The van der Waals surface area contributed by atoms with Gasteiger partial charge in [-0.05, 0) is 108 Å². The Morgan fingerprint density at radius 2 is 0.873 bits per heavy atom. The maximum absolute atomic E-state index is 14.6. The Balaban J connectivity index is 1.01. The van der Waals surface area contributed by atoms with Crippen molar-refractivity contribution in [2.45, 2.75) is 9.79 Å². The molecule has 0 amide bonds. The van der Waals surface area contributed by atoms with Gasteiger partial charge in [0, 0.05) is 38.5 Å². The fourth-order valence-corrected chi connectivity index (χ4v) is 10.2. The van der Waals surface area contributed by atoms with Crippen LogP contribution in [0.15, 0.2) is 213 Å². The highest BCUT2D eigenvalue weighted by atomic mass is 32.2. The van der Waals surface area contributed by atoms with Crippen molar-refractivity contribution in [1.29, 1.82) is 0 Å². The molecule has 8 aromatic carbocycles. The smallest absolute Gasteiger partial charge is 0.170 e. The maximum atomic E-state index is 14.6. The first kappa shape index (κ1) is 31.5. The van der Waals surface area contributed by atoms with Crippen LogP contribution in [-0.4, -0.2) is 19.2 Å². The van der Waals surface area contributed by atoms with Crippen molar-refractivity contribution in [3.63, 3.8) is 0 Å². The van der Waals surface area contributed by atoms with Gasteiger partial charge < -0.3 is 9.13 Å². The predicted molar refractivity (Wildman–Crippen MR) is 227 cm³/mol. The quantitative estimate of drug-likeness (QED) is 0.174. The summed E-state index contributed by atoms with van der Waals surface area (Å²) in [5, 5.41) is 4.85. The topological polar surface area (TPSA) is 51.6 Å². The molecule has 0 N–H and O–H groups in total. The number of aliphatic imine (C=N–C) groups is 1. The molecule has 0 saturated carbocycles. The molecule has 0 spiro atoms. The van der Waals surface area contributed by atoms with Gasteiger partial charge in [0.25, 0.3) is 0 Å². The second-order valence-corrected chi connectivity index (χ2v) is 16.0. The molecular formula is C49H32N4OS. The molecule has 55 heavy (non-hydrogen) atoms. The average Bonchev–Trinajstić information content (AvgIpc) is 3.76. The lowest BCUT2D eigenvalue weighted by Gasteiger charge is -2.18. The van der Waals surface area contributed by atoms with Crippen molar-refractivity contribution in [2.75, 3.05) is 0 Å². The summed E-state index contributed by atoms with van der Waals surface area (Å²) in [6, 6.07) is 66.8. The van der Waals surface area contributed by atoms with Crippen LogP contribution >= 0.6 is 0 Å². The largest absolute Gasteiger partial charge is 0.309 e. The van der Waals surface area contributed by atoms with Gasteiger partial charge in [0.15, 0.2) is 5.84 Å². The zero-order chi connectivity index (χ0) is 36.5. The van der Waals surface area contributed by atoms with E-state index in [1.807, 2.05) is 66.7 Å². The number of benzene rings is 8. The molecule has 0 radical (unpaired) electrons. The molecule has 1 aliphatic rings. The highest BCUT2D eigenvalue weighted by molar-refractivity contribution is 7.94. The Morgan fingerprint density at radius 1 is 0.400 bits per heavy atom. The monoisotopic (exact) mass is 724 g/mol. The van der Waals surface area contributed by atoms with E-state index in [-0.39, 0.29) is 0 Å². The molecule has 260 valence electrons. The number of fused-ring (bicyclic) bond motifs is 7. The van der Waals surface area contributed by atoms with Crippen molar-refractivity contribution in [1.82, 2.24) is 9.13 Å². The predicted octanol–water partition coefficient (Wildman–Crippen LogP) is 12.5. The number of rotatable bonds is 5. The molecule has 1 aliphatic heterocycles. The van der Waals surface area contributed by atoms with Crippen LogP contribution in [0.25, 0.3) is 66.1 Å². The first-order chi connectivity index (χ1) is 27.1. The van der Waals surface area contributed by atoms with Gasteiger partial charge in [-0.3, -0.25) is 0 Å². The van der Waals surface area contributed by atoms with Crippen LogP contribution in [0.2, 0.25) is 0 Å². The van der Waals surface area contributed by atoms with E-state index in [9.17, 15) is 4.21 Å². The zero-order valence-corrected chi connectivity index (χ0v) is 30.4. The molecule has 6 heteroatoms. The molecule has 5 nitrogen and oxygen atoms in total. The summed E-state index contributed by atoms with van der Waals surface area (Å²) in [4.78, 5) is 6.20. The molecule has 0 fully saturated rings. The number of nitrogens with zero attached hydrogens (tertiary/aromatic N) is 4. The number of hydrogen-bond donors (Lipinski definition) is 0. The molecule has 10 aromatic rings. The molecule has 3 heterocycles. The van der Waals surface area contributed by atoms with Crippen LogP contribution in [0.1, 0.15) is 5.56 Å². The third-order valence-corrected chi connectivity index (χ3v) is 13.0. The van der Waals surface area contributed by atoms with E-state index in [2.05, 4.69) is 137 Å². The highest BCUT2D eigenvalue weighted by Crippen LogP contribution is 2.39. The lowest BCUT2D eigenvalue weighted by molar-refractivity contribution is 0.676. The Hall–Kier alpha value is -7.02. The minimum Gasteiger partial charge on any atom is -0.309 e. The van der Waals surface area contributed by atoms with Crippen molar-refractivity contribution >= 4 is 64.9 Å². The van der Waals surface area contributed by atoms with E-state index in [1.54, 1.807) is 0 Å². The van der Waals surface area contributed by atoms with Crippen LogP contribution in [0.4, 0.5) is 5.69 Å². The summed E-state index contributed by atoms with van der Waals surface area (Å²) in [6.45, 7) is 0. The SMILES string of the molecule is O=S1(c2ccccc2)=NC(c2ccc(-n3c4ccccc4c4cc(-c5ccc6c(c5)c5ccccc5n6-c5ccccc5)ccc43)cc2)=Nc2ccccc21. The van der Waals surface area contributed by atoms with Crippen LogP contribution in [0.3, 0.4) is 0 Å². The van der Waals surface area contributed by atoms with Crippen molar-refractivity contribution in [3.8, 4) is 22.5 Å². The lowest BCUT2D eigenvalue weighted by Crippen LogP contribution is -2.11. The van der Waals surface area contributed by atoms with Gasteiger partial charge >= 0.3 is 0 Å². The van der Waals surface area contributed by atoms with Crippen molar-refractivity contribution in [3.05, 3.63) is 200 Å². The molecule has 0 aliphatic carbocycles. The normalized spacial score (nSPS) is 15.3. The summed E-state index contributed by atoms with van der Waals surface area (Å²) >= 11 is 0. The molecule has 1 atom stereocenters. The molecule has 11 rings (SSSR count). The number of amidine groups is 1. The van der Waals surface area contributed by atoms with Gasteiger partial charge in [-0.1, -0.05) is 97.1 Å². The summed E-state index contributed by atoms with van der Waals surface area (Å²) in [6.07, 6.45) is 0. The summed E-state index contributed by atoms with van der Waals surface area (Å²) in [5.74, 6) is 0.467. The standard InChI is InChI=1S/C49H32N4OS/c54-55(38-15-5-2-6-16-38)48-22-12-9-19-43(48)50-49(51-55)33-23-27-37(28-24-33)53-45-21-11-8-18-40(45)42-32-35(26-30-47(42)53)34-25-29-46-41(31-34)39-17-7-10-20-44(39)52(46)36-13-3-1-4-14-36/h1-32H. The number of para-hydroxylation sites is 4. The first-order valence-electron chi connectivity index (χ1n) is 18.4. The summed E-state index contributed by atoms with van der Waals surface area (Å²) in [5.41, 5.74) is 10.7. The second-order valence-electron chi connectivity index (χ2n) is 13.9. The second kappa shape index (κ2) is 12.3. The van der Waals surface area contributed by atoms with E-state index >= 15 is 0 Å². The van der Waals surface area contributed by atoms with Crippen LogP contribution in [0.5, 0.6) is 0 Å². The van der Waals surface area contributed by atoms with Gasteiger partial charge in [-0.25, -0.2) is 9.20 Å². The van der Waals surface area contributed by atoms with E-state index in [4.69, 9.17) is 9.36 Å². The minimum atomic E-state index is -2.91. The van der Waals surface area contributed by atoms with Crippen molar-refractivity contribution in [2.24, 2.45) is 9.36 Å². The lowest BCUT2D eigenvalue weighted by atomic mass is 10.0. The fraction of sp³-hybridized carbons (Fsp3) is 0. The zero-order valence-electron chi connectivity index (χ0n) is 29.6. The molecule has 0 bridgehead atoms. The van der Waals surface area contributed by atoms with E-state index in [0.717, 1.165) is 28.0 Å². The van der Waals surface area contributed by atoms with Gasteiger partial charge in [-0.15, -0.1) is 0 Å². The first-order valence-corrected chi connectivity index (χ1v) is 19.9. The Bertz CT molecular complexity index is 3300. The number of aromatic nitrogens is 2. The van der Waals surface area contributed by atoms with Crippen LogP contribution in [-0.2, 0) is 9.73 Å². The summed E-state index contributed by atoms with van der Waals surface area (Å²) < 4.78 is 24.1. The molecule has 0 saturated heterocycles. The molecular weight excluding hydrogens is 693 g/mol. The van der Waals surface area contributed by atoms with Gasteiger partial charge in [-0.2, -0.15) is 4.36 Å². The number of hydrogen-bond acceptors (Lipinski definition) is 3. The third-order valence-electron chi connectivity index (χ3n) is 10.7. The van der Waals surface area contributed by atoms with Crippen LogP contribution < -0.4 is 0 Å². The van der Waals surface area contributed by atoms with E-state index < -0.39 is 9.73 Å². The molecule has 2 aromatic heterocycles. The average molecular weight is 725 g/mol. The van der Waals surface area contributed by atoms with Crippen molar-refractivity contribution < 1.29 is 4.21 Å². The Morgan fingerprint density at radius 3 is 1.49 bits per heavy atom. The third kappa shape index (κ3) is 4.92. The Kier molecular flexibility index (Phi) is 7.03. The van der Waals surface area contributed by atoms with Gasteiger partial charge in [0.1, 0.15) is 9.73 Å². The summed E-state index contributed by atoms with van der Waals surface area (Å²) in [7, 11) is -2.91. The highest BCUT2D eigenvalue weighted by Gasteiger charge is 2.25. The molecule has 1 unspecified atom stereocenters. The van der Waals surface area contributed by atoms with E-state index in [1.165, 1.54) is 43.7 Å². The van der Waals surface area contributed by atoms with Gasteiger partial charge in [0.2, 0.25) is 0 Å². The maximum Gasteiger partial charge on any atom is 0.170 e. The van der Waals surface area contributed by atoms with Crippen LogP contribution in [0, 0.1) is 0 Å². The fourth-order valence-electron chi connectivity index (χ4n) is 8.19. The minimum absolute atomic E-state index is 0.467. The van der Waals surface area contributed by atoms with Gasteiger partial charge in [0.05, 0.1) is 37.5 Å². The Labute approximate surface area is 318 Å².